The van der Waals surface area contributed by atoms with Gasteiger partial charge >= 0.3 is 6.03 Å². The molecule has 0 aliphatic rings. The maximum absolute atomic E-state index is 12.7. The first-order valence-corrected chi connectivity index (χ1v) is 8.66. The van der Waals surface area contributed by atoms with Crippen LogP contribution in [-0.4, -0.2) is 20.8 Å². The van der Waals surface area contributed by atoms with Gasteiger partial charge in [-0.1, -0.05) is 55.5 Å². The predicted octanol–water partition coefficient (Wildman–Crippen LogP) is 3.60. The van der Waals surface area contributed by atoms with Gasteiger partial charge in [-0.15, -0.1) is 10.2 Å². The number of aryl methyl sites for hydroxylation is 2. The monoisotopic (exact) mass is 349 g/mol. The fourth-order valence-electron chi connectivity index (χ4n) is 2.86. The summed E-state index contributed by atoms with van der Waals surface area (Å²) in [6.07, 6.45) is 0.848. The summed E-state index contributed by atoms with van der Waals surface area (Å²) in [5, 5.41) is 14.4. The number of hydrogen-bond donors (Lipinski definition) is 2. The summed E-state index contributed by atoms with van der Waals surface area (Å²) in [5.74, 6) is 1.48. The van der Waals surface area contributed by atoms with Crippen LogP contribution < -0.4 is 10.6 Å². The molecule has 6 nitrogen and oxygen atoms in total. The largest absolute Gasteiger partial charge is 0.324 e. The number of carbonyl (C=O) groups is 1. The molecule has 134 valence electrons. The Morgan fingerprint density at radius 3 is 2.42 bits per heavy atom. The van der Waals surface area contributed by atoms with E-state index in [1.165, 1.54) is 0 Å². The molecule has 0 saturated carbocycles. The van der Waals surface area contributed by atoms with Gasteiger partial charge < -0.3 is 15.2 Å². The van der Waals surface area contributed by atoms with Crippen LogP contribution in [0.1, 0.15) is 35.7 Å². The zero-order valence-electron chi connectivity index (χ0n) is 15.2. The first-order chi connectivity index (χ1) is 12.6. The fraction of sp³-hybridized carbons (Fsp3) is 0.250. The van der Waals surface area contributed by atoms with Crippen molar-refractivity contribution in [1.82, 2.24) is 20.1 Å². The standard InChI is InChI=1S/C20H23N5O/c1-4-15-10-8-9-13-17(15)21-20(26)22-18(16-11-6-5-7-12-16)19-24-23-14(2)25(19)3/h5-13,18H,4H2,1-3H3,(H2,21,22,26). The molecule has 0 aliphatic heterocycles. The van der Waals surface area contributed by atoms with Gasteiger partial charge in [0.1, 0.15) is 11.9 Å². The lowest BCUT2D eigenvalue weighted by Gasteiger charge is -2.19. The Bertz CT molecular complexity index is 888. The molecule has 1 unspecified atom stereocenters. The minimum atomic E-state index is -0.392. The van der Waals surface area contributed by atoms with Crippen molar-refractivity contribution in [2.45, 2.75) is 26.3 Å². The van der Waals surface area contributed by atoms with Crippen LogP contribution in [0.15, 0.2) is 54.6 Å². The SMILES string of the molecule is CCc1ccccc1NC(=O)NC(c1ccccc1)c1nnc(C)n1C. The molecule has 3 rings (SSSR count). The first-order valence-electron chi connectivity index (χ1n) is 8.66. The lowest BCUT2D eigenvalue weighted by molar-refractivity contribution is 0.249. The molecule has 26 heavy (non-hydrogen) atoms. The van der Waals surface area contributed by atoms with Gasteiger partial charge in [0.15, 0.2) is 5.82 Å². The summed E-state index contributed by atoms with van der Waals surface area (Å²) < 4.78 is 1.89. The second-order valence-electron chi connectivity index (χ2n) is 6.12. The Morgan fingerprint density at radius 2 is 1.77 bits per heavy atom. The van der Waals surface area contributed by atoms with E-state index in [1.807, 2.05) is 73.1 Å². The Balaban J connectivity index is 1.86. The average molecular weight is 349 g/mol. The van der Waals surface area contributed by atoms with E-state index in [0.29, 0.717) is 5.82 Å². The van der Waals surface area contributed by atoms with Gasteiger partial charge in [0.05, 0.1) is 0 Å². The molecular weight excluding hydrogens is 326 g/mol. The van der Waals surface area contributed by atoms with Crippen LogP contribution >= 0.6 is 0 Å². The molecule has 1 heterocycles. The van der Waals surface area contributed by atoms with Gasteiger partial charge in [0, 0.05) is 12.7 Å². The van der Waals surface area contributed by atoms with Crippen molar-refractivity contribution in [2.24, 2.45) is 7.05 Å². The number of urea groups is 1. The Morgan fingerprint density at radius 1 is 1.08 bits per heavy atom. The number of rotatable bonds is 5. The molecule has 2 amide bonds. The predicted molar refractivity (Wildman–Crippen MR) is 102 cm³/mol. The van der Waals surface area contributed by atoms with Crippen LogP contribution in [0.3, 0.4) is 0 Å². The summed E-state index contributed by atoms with van der Waals surface area (Å²) in [4.78, 5) is 12.7. The number of para-hydroxylation sites is 1. The molecule has 0 fully saturated rings. The highest BCUT2D eigenvalue weighted by Crippen LogP contribution is 2.21. The van der Waals surface area contributed by atoms with E-state index in [-0.39, 0.29) is 6.03 Å². The molecule has 3 aromatic rings. The highest BCUT2D eigenvalue weighted by atomic mass is 16.2. The van der Waals surface area contributed by atoms with Crippen LogP contribution in [-0.2, 0) is 13.5 Å². The first kappa shape index (κ1) is 17.7. The third kappa shape index (κ3) is 3.74. The van der Waals surface area contributed by atoms with Gasteiger partial charge in [0.25, 0.3) is 0 Å². The number of amides is 2. The van der Waals surface area contributed by atoms with E-state index in [4.69, 9.17) is 0 Å². The minimum absolute atomic E-state index is 0.277. The van der Waals surface area contributed by atoms with E-state index in [9.17, 15) is 4.79 Å². The average Bonchev–Trinajstić information content (AvgIpc) is 3.00. The van der Waals surface area contributed by atoms with Gasteiger partial charge in [-0.05, 0) is 30.5 Å². The molecule has 0 spiro atoms. The molecular formula is C20H23N5O. The Labute approximate surface area is 153 Å². The Hall–Kier alpha value is -3.15. The van der Waals surface area contributed by atoms with Crippen molar-refractivity contribution < 1.29 is 4.79 Å². The summed E-state index contributed by atoms with van der Waals surface area (Å²) in [5.41, 5.74) is 2.85. The number of hydrogen-bond acceptors (Lipinski definition) is 3. The highest BCUT2D eigenvalue weighted by Gasteiger charge is 2.22. The molecule has 2 N–H and O–H groups in total. The number of nitrogens with zero attached hydrogens (tertiary/aromatic N) is 3. The van der Waals surface area contributed by atoms with Gasteiger partial charge in [-0.25, -0.2) is 4.79 Å². The molecule has 0 radical (unpaired) electrons. The third-order valence-electron chi connectivity index (χ3n) is 4.44. The number of anilines is 1. The molecule has 6 heteroatoms. The van der Waals surface area contributed by atoms with Crippen molar-refractivity contribution >= 4 is 11.7 Å². The molecule has 0 aliphatic carbocycles. The van der Waals surface area contributed by atoms with Crippen LogP contribution in [0, 0.1) is 6.92 Å². The van der Waals surface area contributed by atoms with Gasteiger partial charge in [-0.2, -0.15) is 0 Å². The van der Waals surface area contributed by atoms with Crippen molar-refractivity contribution in [2.75, 3.05) is 5.32 Å². The Kier molecular flexibility index (Phi) is 5.31. The van der Waals surface area contributed by atoms with Gasteiger partial charge in [-0.3, -0.25) is 0 Å². The third-order valence-corrected chi connectivity index (χ3v) is 4.44. The normalized spacial score (nSPS) is 11.8. The quantitative estimate of drug-likeness (QED) is 0.739. The maximum atomic E-state index is 12.7. The van der Waals surface area contributed by atoms with Crippen LogP contribution in [0.5, 0.6) is 0 Å². The van der Waals surface area contributed by atoms with E-state index in [0.717, 1.165) is 29.1 Å². The van der Waals surface area contributed by atoms with Crippen LogP contribution in [0.25, 0.3) is 0 Å². The van der Waals surface area contributed by atoms with E-state index < -0.39 is 6.04 Å². The lowest BCUT2D eigenvalue weighted by atomic mass is 10.1. The van der Waals surface area contributed by atoms with Crippen LogP contribution in [0.4, 0.5) is 10.5 Å². The highest BCUT2D eigenvalue weighted by molar-refractivity contribution is 5.90. The van der Waals surface area contributed by atoms with Crippen molar-refractivity contribution in [1.29, 1.82) is 0 Å². The summed E-state index contributed by atoms with van der Waals surface area (Å²) in [6.45, 7) is 3.95. The van der Waals surface area contributed by atoms with Crippen molar-refractivity contribution in [3.8, 4) is 0 Å². The van der Waals surface area contributed by atoms with Crippen LogP contribution in [0.2, 0.25) is 0 Å². The zero-order chi connectivity index (χ0) is 18.5. The molecule has 2 aromatic carbocycles. The number of carbonyl (C=O) groups excluding carboxylic acids is 1. The lowest BCUT2D eigenvalue weighted by Crippen LogP contribution is -2.34. The number of nitrogens with one attached hydrogen (secondary N) is 2. The second-order valence-corrected chi connectivity index (χ2v) is 6.12. The van der Waals surface area contributed by atoms with E-state index in [2.05, 4.69) is 27.8 Å². The van der Waals surface area contributed by atoms with Gasteiger partial charge in [0.2, 0.25) is 0 Å². The topological polar surface area (TPSA) is 71.8 Å². The summed E-state index contributed by atoms with van der Waals surface area (Å²) in [6, 6.07) is 16.9. The van der Waals surface area contributed by atoms with Crippen molar-refractivity contribution in [3.05, 3.63) is 77.4 Å². The fourth-order valence-corrected chi connectivity index (χ4v) is 2.86. The second kappa shape index (κ2) is 7.82. The summed E-state index contributed by atoms with van der Waals surface area (Å²) >= 11 is 0. The summed E-state index contributed by atoms with van der Waals surface area (Å²) in [7, 11) is 1.90. The van der Waals surface area contributed by atoms with E-state index in [1.54, 1.807) is 0 Å². The molecule has 0 saturated heterocycles. The smallest absolute Gasteiger partial charge is 0.320 e. The molecule has 1 aromatic heterocycles. The van der Waals surface area contributed by atoms with E-state index >= 15 is 0 Å². The van der Waals surface area contributed by atoms with Crippen molar-refractivity contribution in [3.63, 3.8) is 0 Å². The molecule has 0 bridgehead atoms. The molecule has 1 atom stereocenters. The number of aromatic nitrogens is 3. The zero-order valence-corrected chi connectivity index (χ0v) is 15.2. The number of benzene rings is 2. The minimum Gasteiger partial charge on any atom is -0.324 e. The maximum Gasteiger partial charge on any atom is 0.320 e.